The monoisotopic (exact) mass is 1440 g/mol. The topological polar surface area (TPSA) is 52.6 Å². The van der Waals surface area contributed by atoms with Gasteiger partial charge >= 0.3 is 11.9 Å². The van der Waals surface area contributed by atoms with Crippen molar-refractivity contribution in [2.75, 3.05) is 0 Å². The number of ether oxygens (including phenoxy) is 2. The van der Waals surface area contributed by atoms with Crippen molar-refractivity contribution < 1.29 is 19.1 Å². The Kier molecular flexibility index (Phi) is 15.1. The molecule has 0 saturated heterocycles. The first-order valence-corrected chi connectivity index (χ1v) is 20.8. The third kappa shape index (κ3) is 7.71. The zero-order valence-electron chi connectivity index (χ0n) is 18.3. The summed E-state index contributed by atoms with van der Waals surface area (Å²) < 4.78 is 20.3. The van der Waals surface area contributed by atoms with E-state index in [9.17, 15) is 9.59 Å². The quantitative estimate of drug-likeness (QED) is 0.140. The van der Waals surface area contributed by atoms with Gasteiger partial charge in [-0.2, -0.15) is 0 Å². The van der Waals surface area contributed by atoms with Gasteiger partial charge in [0.15, 0.2) is 0 Å². The predicted molar refractivity (Wildman–Crippen MR) is 205 cm³/mol. The van der Waals surface area contributed by atoms with Crippen LogP contribution >= 0.6 is 223 Å². The van der Waals surface area contributed by atoms with Gasteiger partial charge in [0.25, 0.3) is 0 Å². The summed E-state index contributed by atoms with van der Waals surface area (Å²) in [6.45, 7) is -0.227. The van der Waals surface area contributed by atoms with Crippen molar-refractivity contribution in [3.05, 3.63) is 84.9 Å². The Hall–Kier alpha value is 3.32. The van der Waals surface area contributed by atoms with Crippen LogP contribution in [0.5, 0.6) is 0 Å². The second-order valence-electron chi connectivity index (χ2n) is 7.26. The van der Waals surface area contributed by atoms with Crippen LogP contribution in [0.15, 0.2) is 62.6 Å². The van der Waals surface area contributed by atoms with Gasteiger partial charge in [0.2, 0.25) is 0 Å². The van der Waals surface area contributed by atoms with Crippen molar-refractivity contribution in [1.29, 1.82) is 0 Å². The van der Waals surface area contributed by atoms with E-state index in [1.165, 1.54) is 0 Å². The number of hydrogen-bond acceptors (Lipinski definition) is 4. The van der Waals surface area contributed by atoms with Crippen molar-refractivity contribution in [3.63, 3.8) is 0 Å². The molecular weight excluding hydrogens is 1450 g/mol. The minimum Gasteiger partial charge on any atom is -0.457 e. The van der Waals surface area contributed by atoms with E-state index in [0.717, 1.165) is 26.8 Å². The van der Waals surface area contributed by atoms with Crippen LogP contribution in [0.2, 0.25) is 0 Å². The lowest BCUT2D eigenvalue weighted by Gasteiger charge is -2.18. The summed E-state index contributed by atoms with van der Waals surface area (Å²) in [5.41, 5.74) is 1.27. The van der Waals surface area contributed by atoms with Crippen molar-refractivity contribution in [3.8, 4) is 0 Å². The number of carbonyl (C=O) groups is 2. The predicted octanol–water partition coefficient (Wildman–Crippen LogP) is 15.1. The fourth-order valence-corrected chi connectivity index (χ4v) is 12.1. The molecule has 0 aromatic heterocycles. The molecule has 0 radical (unpaired) electrons. The molecule has 0 N–H and O–H groups in total. The highest BCUT2D eigenvalue weighted by atomic mass is 79.9. The third-order valence-corrected chi connectivity index (χ3v) is 22.3. The Balaban J connectivity index is 2.01. The summed E-state index contributed by atoms with van der Waals surface area (Å²) in [4.78, 5) is 27.1. The average molecular weight is 1450 g/mol. The Morgan fingerprint density at radius 1 is 0.350 bits per heavy atom. The van der Waals surface area contributed by atoms with Gasteiger partial charge in [-0.3, -0.25) is 0 Å². The first-order valence-electron chi connectivity index (χ1n) is 9.75. The van der Waals surface area contributed by atoms with Gasteiger partial charge in [0.05, 0.1) is 11.1 Å². The van der Waals surface area contributed by atoms with Crippen molar-refractivity contribution in [1.82, 2.24) is 0 Å². The van der Waals surface area contributed by atoms with Crippen LogP contribution in [0, 0.1) is 0 Å². The molecule has 3 aromatic carbocycles. The van der Waals surface area contributed by atoms with E-state index < -0.39 is 11.9 Å². The van der Waals surface area contributed by atoms with E-state index in [0.29, 0.717) is 46.9 Å². The largest absolute Gasteiger partial charge is 0.457 e. The number of rotatable bonds is 6. The Morgan fingerprint density at radius 3 is 0.800 bits per heavy atom. The molecule has 0 amide bonds. The lowest BCUT2D eigenvalue weighted by Crippen LogP contribution is -2.17. The Labute approximate surface area is 346 Å². The molecule has 3 rings (SSSR count). The summed E-state index contributed by atoms with van der Waals surface area (Å²) >= 11 is 49.0. The SMILES string of the molecule is O=C(OCc1c(Br)c(Br)c(Br)c(Br)c1Br)c1c(Br)c(Br)c(Br)c(Br)c1C(=O)OCc1c(Br)c(Br)c(Br)c(Br)c1Br. The zero-order valence-corrected chi connectivity index (χ0v) is 40.5. The molecule has 0 heterocycles. The van der Waals surface area contributed by atoms with E-state index in [-0.39, 0.29) is 24.3 Å². The minimum absolute atomic E-state index is 0.0225. The van der Waals surface area contributed by atoms with Gasteiger partial charge in [-0.1, -0.05) is 0 Å². The Morgan fingerprint density at radius 2 is 0.550 bits per heavy atom. The average Bonchev–Trinajstić information content (AvgIpc) is 2.93. The fourth-order valence-electron chi connectivity index (χ4n) is 2.99. The van der Waals surface area contributed by atoms with Crippen LogP contribution in [-0.2, 0) is 22.7 Å². The summed E-state index contributed by atoms with van der Waals surface area (Å²) in [5.74, 6) is -1.50. The number of halogens is 14. The molecule has 0 atom stereocenters. The van der Waals surface area contributed by atoms with Gasteiger partial charge in [-0.05, 0) is 223 Å². The normalized spacial score (nSPS) is 11.2. The summed E-state index contributed by atoms with van der Waals surface area (Å²) in [7, 11) is 0. The molecule has 40 heavy (non-hydrogen) atoms. The molecule has 18 heteroatoms. The fraction of sp³-hybridized carbons (Fsp3) is 0.0909. The van der Waals surface area contributed by atoms with Crippen LogP contribution in [0.3, 0.4) is 0 Å². The molecule has 0 aliphatic heterocycles. The summed E-state index contributed by atoms with van der Waals surface area (Å²) in [6.07, 6.45) is 0. The first kappa shape index (κ1) is 37.8. The molecule has 0 unspecified atom stereocenters. The van der Waals surface area contributed by atoms with Crippen molar-refractivity contribution >= 4 is 235 Å². The molecular formula is C22H4Br14O4. The number of hydrogen-bond donors (Lipinski definition) is 0. The number of carbonyl (C=O) groups excluding carboxylic acids is 2. The van der Waals surface area contributed by atoms with E-state index >= 15 is 0 Å². The maximum atomic E-state index is 13.5. The lowest BCUT2D eigenvalue weighted by molar-refractivity contribution is 0.0421. The van der Waals surface area contributed by atoms with Crippen LogP contribution in [0.1, 0.15) is 31.8 Å². The first-order chi connectivity index (χ1) is 18.5. The van der Waals surface area contributed by atoms with Crippen molar-refractivity contribution in [2.24, 2.45) is 0 Å². The second kappa shape index (κ2) is 15.9. The molecule has 0 saturated carbocycles. The van der Waals surface area contributed by atoms with Crippen LogP contribution < -0.4 is 0 Å². The van der Waals surface area contributed by atoms with Crippen molar-refractivity contribution in [2.45, 2.75) is 13.2 Å². The smallest absolute Gasteiger partial charge is 0.340 e. The van der Waals surface area contributed by atoms with E-state index in [4.69, 9.17) is 9.47 Å². The highest BCUT2D eigenvalue weighted by Crippen LogP contribution is 2.47. The van der Waals surface area contributed by atoms with Gasteiger partial charge in [0, 0.05) is 73.7 Å². The standard InChI is InChI=1S/C22H4Br14O4/c23-7-3(8(24)14(30)19(35)13(7)29)1-39-21(37)5-6(12(28)18(34)17(33)11(5)27)22(38)40-2-4-9(25)15(31)20(36)16(32)10(4)26/h1-2H2. The van der Waals surface area contributed by atoms with Gasteiger partial charge in [0.1, 0.15) is 13.2 Å². The molecule has 4 nitrogen and oxygen atoms in total. The molecule has 0 fully saturated rings. The minimum atomic E-state index is -0.752. The van der Waals surface area contributed by atoms with Gasteiger partial charge in [-0.25, -0.2) is 9.59 Å². The molecule has 3 aromatic rings. The van der Waals surface area contributed by atoms with Crippen LogP contribution in [0.25, 0.3) is 0 Å². The number of benzene rings is 3. The van der Waals surface area contributed by atoms with Crippen LogP contribution in [-0.4, -0.2) is 11.9 Å². The summed E-state index contributed by atoms with van der Waals surface area (Å²) in [6, 6.07) is 0. The van der Waals surface area contributed by atoms with Gasteiger partial charge < -0.3 is 9.47 Å². The van der Waals surface area contributed by atoms with Gasteiger partial charge in [-0.15, -0.1) is 0 Å². The number of esters is 2. The van der Waals surface area contributed by atoms with E-state index in [1.807, 2.05) is 0 Å². The zero-order chi connectivity index (χ0) is 30.4. The highest BCUT2D eigenvalue weighted by molar-refractivity contribution is 9.17. The maximum Gasteiger partial charge on any atom is 0.340 e. The Bertz CT molecular complexity index is 1410. The lowest BCUT2D eigenvalue weighted by atomic mass is 10.1. The molecule has 0 aliphatic rings. The van der Waals surface area contributed by atoms with Crippen LogP contribution in [0.4, 0.5) is 0 Å². The maximum absolute atomic E-state index is 13.5. The summed E-state index contributed by atoms with van der Waals surface area (Å²) in [5, 5.41) is 0. The molecule has 0 spiro atoms. The molecule has 0 aliphatic carbocycles. The highest BCUT2D eigenvalue weighted by Gasteiger charge is 2.31. The molecule has 214 valence electrons. The van der Waals surface area contributed by atoms with E-state index in [1.54, 1.807) is 0 Å². The third-order valence-electron chi connectivity index (χ3n) is 4.97. The molecule has 0 bridgehead atoms. The van der Waals surface area contributed by atoms with E-state index in [2.05, 4.69) is 223 Å². The second-order valence-corrected chi connectivity index (χ2v) is 18.4.